The number of allylic oxidation sites excluding steroid dienone is 3. The van der Waals surface area contributed by atoms with E-state index in [0.717, 1.165) is 51.4 Å². The second-order valence-corrected chi connectivity index (χ2v) is 23.1. The van der Waals surface area contributed by atoms with Gasteiger partial charge in [0.1, 0.15) is 18.1 Å². The van der Waals surface area contributed by atoms with Crippen molar-refractivity contribution in [2.45, 2.75) is 153 Å². The van der Waals surface area contributed by atoms with Crippen molar-refractivity contribution in [2.24, 2.45) is 16.2 Å². The molecule has 13 nitrogen and oxygen atoms in total. The molecular weight excluding hydrogens is 881 g/mol. The van der Waals surface area contributed by atoms with Crippen LogP contribution in [0.15, 0.2) is 110 Å². The Morgan fingerprint density at radius 2 is 0.657 bits per heavy atom. The van der Waals surface area contributed by atoms with Gasteiger partial charge in [-0.2, -0.15) is 0 Å². The maximum Gasteiger partial charge on any atom is 0.262 e. The first-order valence-electron chi connectivity index (χ1n) is 24.1. The molecule has 376 valence electrons. The Labute approximate surface area is 416 Å². The number of carbonyl (C=O) groups is 7. The predicted octanol–water partition coefficient (Wildman–Crippen LogP) is 10.1. The first-order valence-corrected chi connectivity index (χ1v) is 24.1. The third-order valence-corrected chi connectivity index (χ3v) is 10.6. The smallest absolute Gasteiger partial charge is 0.262 e. The van der Waals surface area contributed by atoms with E-state index < -0.39 is 17.9 Å². The van der Waals surface area contributed by atoms with E-state index in [9.17, 15) is 33.6 Å². The van der Waals surface area contributed by atoms with Gasteiger partial charge < -0.3 is 25.8 Å². The summed E-state index contributed by atoms with van der Waals surface area (Å²) >= 11 is 0. The topological polar surface area (TPSA) is 165 Å². The molecule has 3 aromatic carbocycles. The van der Waals surface area contributed by atoms with E-state index in [1.165, 1.54) is 0 Å². The minimum Gasteiger partial charge on any atom is -0.329 e. The highest BCUT2D eigenvalue weighted by molar-refractivity contribution is 6.23. The summed E-state index contributed by atoms with van der Waals surface area (Å²) in [5.74, 6) is -1.45. The summed E-state index contributed by atoms with van der Waals surface area (Å²) in [5, 5.41) is 8.05. The van der Waals surface area contributed by atoms with Gasteiger partial charge in [0.25, 0.3) is 23.6 Å². The molecule has 9 rings (SSSR count). The Morgan fingerprint density at radius 3 is 0.929 bits per heavy atom. The number of piperidine rings is 3. The van der Waals surface area contributed by atoms with E-state index >= 15 is 0 Å². The Hall–Kier alpha value is -6.63. The highest BCUT2D eigenvalue weighted by Gasteiger charge is 2.44. The van der Waals surface area contributed by atoms with Crippen LogP contribution in [0.25, 0.3) is 0 Å². The third kappa shape index (κ3) is 16.2. The molecule has 3 atom stereocenters. The Kier molecular flexibility index (Phi) is 18.6. The predicted molar refractivity (Wildman–Crippen MR) is 276 cm³/mol. The molecule has 0 aliphatic carbocycles. The largest absolute Gasteiger partial charge is 0.329 e. The Balaban J connectivity index is 0.000000199. The average molecular weight is 957 g/mol. The molecule has 13 heteroatoms. The van der Waals surface area contributed by atoms with Gasteiger partial charge in [0, 0.05) is 41.3 Å². The number of carbonyl (C=O) groups excluding carboxylic acids is 7. The average Bonchev–Trinajstić information content (AvgIpc) is 3.84. The minimum absolute atomic E-state index is 0.0433. The SMILES string of the molecule is C=C1CCC(N2C(=O)c3ccccc3C2=O)C(=O)N1.C=C1CCC(N2Cc3ccccc3C2=O)C(=O)N1.C=C1CCC(N2Cc3ccccc3C2=O)C(=O)N1.CC(C)(C)C.CC(C)(C)C.CC(C)(C)C. The number of imide groups is 1. The molecule has 3 fully saturated rings. The van der Waals surface area contributed by atoms with E-state index in [4.69, 9.17) is 0 Å². The van der Waals surface area contributed by atoms with Gasteiger partial charge in [-0.05, 0) is 90.2 Å². The number of hydrogen-bond donors (Lipinski definition) is 3. The summed E-state index contributed by atoms with van der Waals surface area (Å²) in [4.78, 5) is 89.1. The molecule has 3 unspecified atom stereocenters. The van der Waals surface area contributed by atoms with Crippen LogP contribution >= 0.6 is 0 Å². The molecule has 3 saturated heterocycles. The molecule has 0 spiro atoms. The van der Waals surface area contributed by atoms with Gasteiger partial charge in [-0.25, -0.2) is 0 Å². The Bertz CT molecular complexity index is 2320. The van der Waals surface area contributed by atoms with Crippen LogP contribution in [0.4, 0.5) is 0 Å². The third-order valence-electron chi connectivity index (χ3n) is 10.6. The van der Waals surface area contributed by atoms with Crippen LogP contribution in [0, 0.1) is 16.2 Å². The zero-order valence-electron chi connectivity index (χ0n) is 43.6. The van der Waals surface area contributed by atoms with Crippen molar-refractivity contribution in [3.05, 3.63) is 143 Å². The number of benzene rings is 3. The van der Waals surface area contributed by atoms with Crippen molar-refractivity contribution in [2.75, 3.05) is 0 Å². The summed E-state index contributed by atoms with van der Waals surface area (Å²) in [6.07, 6.45) is 3.78. The van der Waals surface area contributed by atoms with Crippen molar-refractivity contribution in [1.29, 1.82) is 0 Å². The van der Waals surface area contributed by atoms with E-state index in [0.29, 0.717) is 71.8 Å². The lowest BCUT2D eigenvalue weighted by molar-refractivity contribution is -0.127. The van der Waals surface area contributed by atoms with Crippen LogP contribution < -0.4 is 16.0 Å². The molecular formula is C57H76N6O7. The number of amides is 7. The van der Waals surface area contributed by atoms with Crippen molar-refractivity contribution in [1.82, 2.24) is 30.7 Å². The van der Waals surface area contributed by atoms with Gasteiger partial charge in [0.2, 0.25) is 17.7 Å². The number of hydrogen-bond acceptors (Lipinski definition) is 7. The van der Waals surface area contributed by atoms with Crippen molar-refractivity contribution < 1.29 is 33.6 Å². The highest BCUT2D eigenvalue weighted by Crippen LogP contribution is 2.31. The highest BCUT2D eigenvalue weighted by atomic mass is 16.2. The standard InChI is InChI=1S/C14H12N2O3.2C14H14N2O2.3C5H12/c1-8-6-7-11(12(17)15-8)16-13(18)9-4-2-3-5-10(9)14(16)19;2*1-9-6-7-12(13(17)15-9)16-8-10-4-2-3-5-11(10)14(16)18;3*1-5(2,3)4/h2-5,11H,1,6-7H2,(H,15,17);2*2-5,12H,1,6-8H2,(H,15,17);3*1-4H3. The Morgan fingerprint density at radius 1 is 0.400 bits per heavy atom. The van der Waals surface area contributed by atoms with Gasteiger partial charge >= 0.3 is 0 Å². The molecule has 0 saturated carbocycles. The maximum atomic E-state index is 12.2. The molecule has 6 heterocycles. The first-order chi connectivity index (χ1) is 32.4. The maximum absolute atomic E-state index is 12.2. The monoisotopic (exact) mass is 957 g/mol. The van der Waals surface area contributed by atoms with E-state index in [-0.39, 0.29) is 41.6 Å². The lowest BCUT2D eigenvalue weighted by Crippen LogP contribution is -2.51. The summed E-state index contributed by atoms with van der Waals surface area (Å²) in [6.45, 7) is 38.5. The van der Waals surface area contributed by atoms with Crippen molar-refractivity contribution in [3.63, 3.8) is 0 Å². The second-order valence-electron chi connectivity index (χ2n) is 23.1. The molecule has 3 N–H and O–H groups in total. The lowest BCUT2D eigenvalue weighted by Gasteiger charge is -2.30. The summed E-state index contributed by atoms with van der Waals surface area (Å²) in [7, 11) is 0. The van der Waals surface area contributed by atoms with E-state index in [2.05, 4.69) is 119 Å². The van der Waals surface area contributed by atoms with Crippen LogP contribution in [0.3, 0.4) is 0 Å². The summed E-state index contributed by atoms with van der Waals surface area (Å²) in [6, 6.07) is 20.2. The number of fused-ring (bicyclic) bond motifs is 3. The van der Waals surface area contributed by atoms with Gasteiger partial charge in [0.15, 0.2) is 0 Å². The lowest BCUT2D eigenvalue weighted by atomic mass is 10.0. The zero-order valence-corrected chi connectivity index (χ0v) is 43.6. The fourth-order valence-corrected chi connectivity index (χ4v) is 7.68. The van der Waals surface area contributed by atoms with E-state index in [1.54, 1.807) is 34.1 Å². The molecule has 6 aliphatic rings. The number of nitrogens with one attached hydrogen (secondary N) is 3. The normalized spacial score (nSPS) is 20.5. The molecule has 0 bridgehead atoms. The number of rotatable bonds is 3. The summed E-state index contributed by atoms with van der Waals surface area (Å²) < 4.78 is 0. The quantitative estimate of drug-likeness (QED) is 0.220. The molecule has 6 aliphatic heterocycles. The van der Waals surface area contributed by atoms with Crippen molar-refractivity contribution >= 4 is 41.4 Å². The fraction of sp³-hybridized carbons (Fsp3) is 0.456. The van der Waals surface area contributed by atoms with Crippen LogP contribution in [0.1, 0.15) is 174 Å². The summed E-state index contributed by atoms with van der Waals surface area (Å²) in [5.41, 5.74) is 7.76. The van der Waals surface area contributed by atoms with Gasteiger partial charge in [0.05, 0.1) is 11.1 Å². The first kappa shape index (κ1) is 56.0. The molecule has 70 heavy (non-hydrogen) atoms. The van der Waals surface area contributed by atoms with Crippen LogP contribution in [-0.4, -0.2) is 74.2 Å². The minimum atomic E-state index is -0.738. The van der Waals surface area contributed by atoms with Crippen LogP contribution in [-0.2, 0) is 27.5 Å². The van der Waals surface area contributed by atoms with Crippen LogP contribution in [0.2, 0.25) is 0 Å². The van der Waals surface area contributed by atoms with E-state index in [1.807, 2.05) is 48.5 Å². The van der Waals surface area contributed by atoms with Gasteiger partial charge in [-0.1, -0.05) is 151 Å². The van der Waals surface area contributed by atoms with Gasteiger partial charge in [-0.3, -0.25) is 38.5 Å². The molecule has 7 amide bonds. The van der Waals surface area contributed by atoms with Crippen molar-refractivity contribution in [3.8, 4) is 0 Å². The number of nitrogens with zero attached hydrogens (tertiary/aromatic N) is 3. The fourth-order valence-electron chi connectivity index (χ4n) is 7.68. The molecule has 0 radical (unpaired) electrons. The molecule has 0 aromatic heterocycles. The van der Waals surface area contributed by atoms with Gasteiger partial charge in [-0.15, -0.1) is 0 Å². The van der Waals surface area contributed by atoms with Crippen LogP contribution in [0.5, 0.6) is 0 Å². The zero-order chi connectivity index (χ0) is 52.5. The molecule has 3 aromatic rings. The second kappa shape index (κ2) is 23.3.